The Morgan fingerprint density at radius 2 is 2.09 bits per heavy atom. The van der Waals surface area contributed by atoms with Gasteiger partial charge in [0.1, 0.15) is 12.4 Å². The van der Waals surface area contributed by atoms with Crippen LogP contribution in [0.5, 0.6) is 5.75 Å². The van der Waals surface area contributed by atoms with Gasteiger partial charge >= 0.3 is 0 Å². The Morgan fingerprint density at radius 1 is 1.32 bits per heavy atom. The van der Waals surface area contributed by atoms with Crippen molar-refractivity contribution in [2.45, 2.75) is 38.0 Å². The first-order chi connectivity index (χ1) is 10.5. The van der Waals surface area contributed by atoms with Crippen LogP contribution in [-0.2, 0) is 14.8 Å². The molecule has 1 aliphatic rings. The minimum absolute atomic E-state index is 0.0110. The SMILES string of the molecule is CCCNS(=O)(=O)c1ccc2c(c1)N(C(=O)CCC)CCO2. The minimum Gasteiger partial charge on any atom is -0.490 e. The first-order valence-corrected chi connectivity index (χ1v) is 9.04. The molecule has 1 aliphatic heterocycles. The van der Waals surface area contributed by atoms with Crippen LogP contribution in [0, 0.1) is 0 Å². The largest absolute Gasteiger partial charge is 0.490 e. The molecule has 1 N–H and O–H groups in total. The van der Waals surface area contributed by atoms with Crippen molar-refractivity contribution in [3.05, 3.63) is 18.2 Å². The third-order valence-electron chi connectivity index (χ3n) is 3.41. The quantitative estimate of drug-likeness (QED) is 0.866. The molecule has 1 heterocycles. The van der Waals surface area contributed by atoms with E-state index in [9.17, 15) is 13.2 Å². The fourth-order valence-electron chi connectivity index (χ4n) is 2.29. The number of anilines is 1. The zero-order chi connectivity index (χ0) is 16.2. The summed E-state index contributed by atoms with van der Waals surface area (Å²) < 4.78 is 32.5. The maximum absolute atomic E-state index is 12.2. The third-order valence-corrected chi connectivity index (χ3v) is 4.87. The van der Waals surface area contributed by atoms with Gasteiger partial charge in [-0.05, 0) is 31.0 Å². The summed E-state index contributed by atoms with van der Waals surface area (Å²) in [4.78, 5) is 14.0. The van der Waals surface area contributed by atoms with Crippen LogP contribution in [0.2, 0.25) is 0 Å². The number of nitrogens with zero attached hydrogens (tertiary/aromatic N) is 1. The third kappa shape index (κ3) is 3.59. The monoisotopic (exact) mass is 326 g/mol. The number of carbonyl (C=O) groups is 1. The van der Waals surface area contributed by atoms with Crippen LogP contribution < -0.4 is 14.4 Å². The van der Waals surface area contributed by atoms with E-state index >= 15 is 0 Å². The van der Waals surface area contributed by atoms with Gasteiger partial charge in [0, 0.05) is 13.0 Å². The van der Waals surface area contributed by atoms with Gasteiger partial charge in [0.15, 0.2) is 0 Å². The van der Waals surface area contributed by atoms with Gasteiger partial charge in [-0.1, -0.05) is 13.8 Å². The molecule has 22 heavy (non-hydrogen) atoms. The van der Waals surface area contributed by atoms with E-state index in [1.807, 2.05) is 13.8 Å². The molecule has 0 fully saturated rings. The number of hydrogen-bond donors (Lipinski definition) is 1. The molecule has 1 aromatic carbocycles. The van der Waals surface area contributed by atoms with Crippen molar-refractivity contribution in [2.75, 3.05) is 24.6 Å². The van der Waals surface area contributed by atoms with Crippen molar-refractivity contribution in [2.24, 2.45) is 0 Å². The van der Waals surface area contributed by atoms with Crippen LogP contribution in [0.1, 0.15) is 33.1 Å². The minimum atomic E-state index is -3.56. The van der Waals surface area contributed by atoms with Gasteiger partial charge in [-0.25, -0.2) is 13.1 Å². The molecule has 1 amide bonds. The predicted molar refractivity (Wildman–Crippen MR) is 84.7 cm³/mol. The van der Waals surface area contributed by atoms with E-state index in [1.54, 1.807) is 11.0 Å². The molecule has 0 saturated carbocycles. The van der Waals surface area contributed by atoms with Gasteiger partial charge in [0.2, 0.25) is 15.9 Å². The number of benzene rings is 1. The second kappa shape index (κ2) is 7.11. The molecule has 0 aromatic heterocycles. The average Bonchev–Trinajstić information content (AvgIpc) is 2.52. The zero-order valence-corrected chi connectivity index (χ0v) is 13.8. The maximum atomic E-state index is 12.2. The highest BCUT2D eigenvalue weighted by molar-refractivity contribution is 7.89. The number of ether oxygens (including phenoxy) is 1. The first-order valence-electron chi connectivity index (χ1n) is 7.56. The van der Waals surface area contributed by atoms with Crippen LogP contribution in [0.25, 0.3) is 0 Å². The van der Waals surface area contributed by atoms with E-state index in [-0.39, 0.29) is 10.8 Å². The highest BCUT2D eigenvalue weighted by Crippen LogP contribution is 2.34. The predicted octanol–water partition coefficient (Wildman–Crippen LogP) is 1.90. The fraction of sp³-hybridized carbons (Fsp3) is 0.533. The summed E-state index contributed by atoms with van der Waals surface area (Å²) in [7, 11) is -3.56. The van der Waals surface area contributed by atoms with Crippen molar-refractivity contribution in [3.8, 4) is 5.75 Å². The molecule has 2 rings (SSSR count). The Balaban J connectivity index is 2.35. The first kappa shape index (κ1) is 16.8. The molecular weight excluding hydrogens is 304 g/mol. The van der Waals surface area contributed by atoms with Gasteiger partial charge < -0.3 is 9.64 Å². The number of rotatable bonds is 6. The topological polar surface area (TPSA) is 75.7 Å². The molecule has 0 atom stereocenters. The molecule has 6 nitrogen and oxygen atoms in total. The number of fused-ring (bicyclic) bond motifs is 1. The van der Waals surface area contributed by atoms with E-state index in [4.69, 9.17) is 4.74 Å². The van der Waals surface area contributed by atoms with Gasteiger partial charge in [-0.3, -0.25) is 4.79 Å². The molecule has 0 aliphatic carbocycles. The molecule has 0 bridgehead atoms. The Kier molecular flexibility index (Phi) is 5.42. The zero-order valence-electron chi connectivity index (χ0n) is 13.0. The van der Waals surface area contributed by atoms with E-state index in [2.05, 4.69) is 4.72 Å². The van der Waals surface area contributed by atoms with Crippen molar-refractivity contribution in [1.29, 1.82) is 0 Å². The number of carbonyl (C=O) groups excluding carboxylic acids is 1. The number of sulfonamides is 1. The van der Waals surface area contributed by atoms with Crippen molar-refractivity contribution >= 4 is 21.6 Å². The number of nitrogens with one attached hydrogen (secondary N) is 1. The van der Waals surface area contributed by atoms with Gasteiger partial charge in [0.05, 0.1) is 17.1 Å². The summed E-state index contributed by atoms with van der Waals surface area (Å²) in [5.74, 6) is 0.535. The lowest BCUT2D eigenvalue weighted by molar-refractivity contribution is -0.118. The van der Waals surface area contributed by atoms with Gasteiger partial charge in [0.25, 0.3) is 0 Å². The average molecular weight is 326 g/mol. The van der Waals surface area contributed by atoms with Crippen LogP contribution in [0.3, 0.4) is 0 Å². The molecule has 0 spiro atoms. The molecule has 122 valence electrons. The Labute approximate surface area is 131 Å². The summed E-state index contributed by atoms with van der Waals surface area (Å²) in [6.45, 7) is 5.08. The standard InChI is InChI=1S/C15H22N2O4S/c1-3-5-15(18)17-9-10-21-14-7-6-12(11-13(14)17)22(19,20)16-8-4-2/h6-7,11,16H,3-5,8-10H2,1-2H3. The summed E-state index contributed by atoms with van der Waals surface area (Å²) in [6, 6.07) is 4.63. The molecule has 7 heteroatoms. The Hall–Kier alpha value is -1.60. The smallest absolute Gasteiger partial charge is 0.240 e. The van der Waals surface area contributed by atoms with E-state index in [1.165, 1.54) is 12.1 Å². The van der Waals surface area contributed by atoms with Crippen LogP contribution in [0.15, 0.2) is 23.1 Å². The van der Waals surface area contributed by atoms with Gasteiger partial charge in [-0.2, -0.15) is 0 Å². The Morgan fingerprint density at radius 3 is 2.77 bits per heavy atom. The number of amides is 1. The normalized spacial score (nSPS) is 14.4. The lowest BCUT2D eigenvalue weighted by atomic mass is 10.2. The van der Waals surface area contributed by atoms with Crippen molar-refractivity contribution < 1.29 is 17.9 Å². The molecule has 1 aromatic rings. The van der Waals surface area contributed by atoms with Crippen LogP contribution in [-0.4, -0.2) is 34.0 Å². The summed E-state index contributed by atoms with van der Waals surface area (Å²) in [5.41, 5.74) is 0.532. The fourth-order valence-corrected chi connectivity index (χ4v) is 3.45. The molecule has 0 unspecified atom stereocenters. The molecule has 0 radical (unpaired) electrons. The lowest BCUT2D eigenvalue weighted by Crippen LogP contribution is -2.38. The highest BCUT2D eigenvalue weighted by atomic mass is 32.2. The van der Waals surface area contributed by atoms with Crippen LogP contribution >= 0.6 is 0 Å². The maximum Gasteiger partial charge on any atom is 0.240 e. The summed E-state index contributed by atoms with van der Waals surface area (Å²) in [5, 5.41) is 0. The molecule has 0 saturated heterocycles. The highest BCUT2D eigenvalue weighted by Gasteiger charge is 2.25. The van der Waals surface area contributed by atoms with Crippen molar-refractivity contribution in [3.63, 3.8) is 0 Å². The molecular formula is C15H22N2O4S. The van der Waals surface area contributed by atoms with Crippen molar-refractivity contribution in [1.82, 2.24) is 4.72 Å². The number of hydrogen-bond acceptors (Lipinski definition) is 4. The Bertz CT molecular complexity index is 643. The second-order valence-electron chi connectivity index (χ2n) is 5.17. The second-order valence-corrected chi connectivity index (χ2v) is 6.94. The lowest BCUT2D eigenvalue weighted by Gasteiger charge is -2.30. The summed E-state index contributed by atoms with van der Waals surface area (Å²) >= 11 is 0. The van der Waals surface area contributed by atoms with E-state index in [0.717, 1.165) is 6.42 Å². The van der Waals surface area contributed by atoms with Crippen LogP contribution in [0.4, 0.5) is 5.69 Å². The van der Waals surface area contributed by atoms with E-state index < -0.39 is 10.0 Å². The van der Waals surface area contributed by atoms with Gasteiger partial charge in [-0.15, -0.1) is 0 Å². The summed E-state index contributed by atoms with van der Waals surface area (Å²) in [6.07, 6.45) is 1.90. The van der Waals surface area contributed by atoms with E-state index in [0.29, 0.717) is 44.0 Å².